The molecule has 95 heavy (non-hydrogen) atoms. The Hall–Kier alpha value is -11.2. The summed E-state index contributed by atoms with van der Waals surface area (Å²) in [7, 11) is 0. The van der Waals surface area contributed by atoms with Crippen LogP contribution in [0.15, 0.2) is 303 Å². The SMILES string of the molecule is c1ccc(-c2cccc(-c3ccccc3)c2N2c3cc4c(cc3B3c5ccccc5N(c5ccccc5)c5cc(-n6c7ccccc7c7ccccc76)cc2c53)B2c3ccccc3N(c3ccccc3)c3cc(N5C6CC7CC(C6)CC5C7)cc(c32)N4c2ccccc2)cc1. The molecule has 4 fully saturated rings. The summed E-state index contributed by atoms with van der Waals surface area (Å²) in [4.78, 5) is 13.5. The molecule has 0 N–H and O–H groups in total. The lowest BCUT2D eigenvalue weighted by Crippen LogP contribution is -2.65. The summed E-state index contributed by atoms with van der Waals surface area (Å²) in [6.07, 6.45) is 6.54. The van der Waals surface area contributed by atoms with Gasteiger partial charge in [0.05, 0.1) is 22.4 Å². The number of benzene rings is 13. The van der Waals surface area contributed by atoms with Crippen molar-refractivity contribution in [1.82, 2.24) is 4.57 Å². The van der Waals surface area contributed by atoms with Gasteiger partial charge in [-0.1, -0.05) is 212 Å². The molecule has 0 spiro atoms. The molecule has 22 rings (SSSR count). The zero-order valence-electron chi connectivity index (χ0n) is 52.6. The van der Waals surface area contributed by atoms with Gasteiger partial charge in [0.1, 0.15) is 0 Å². The van der Waals surface area contributed by atoms with E-state index in [1.807, 2.05) is 0 Å². The first-order valence-corrected chi connectivity index (χ1v) is 34.2. The molecule has 4 bridgehead atoms. The molecular weight excluding hydrogens is 1150 g/mol. The standard InChI is InChI=1S/C87H64B2N6/c1-6-25-58(26-7-1)67-37-24-38-68(59-27-8-2-9-28-59)87(67)95-80-55-79-73(54-74(80)89-72-40-19-23-44-78(72)92(61-31-12-4-13-32-61)82-52-66(53-84(95)86(82)89)94-75-41-20-16-35-69(75)70-36-17-21-42-76(70)94)88-71-39-18-22-43-77(71)91(60-29-10-3-11-30-60)81-50-65(90-63-46-56-45-57(48-63)49-64(90)47-56)51-83(85(81)88)93(79)62-33-14-5-15-34-62/h1-44,50-57,63-64H,45-49H2. The summed E-state index contributed by atoms with van der Waals surface area (Å²) < 4.78 is 2.53. The average Bonchev–Trinajstić information content (AvgIpc) is 0.828. The van der Waals surface area contributed by atoms with Gasteiger partial charge in [0.2, 0.25) is 0 Å². The van der Waals surface area contributed by atoms with Crippen LogP contribution in [0.4, 0.5) is 73.9 Å². The fourth-order valence-corrected chi connectivity index (χ4v) is 19.1. The zero-order valence-corrected chi connectivity index (χ0v) is 52.6. The average molecular weight is 1220 g/mol. The number of rotatable bonds is 8. The van der Waals surface area contributed by atoms with Gasteiger partial charge in [0.15, 0.2) is 0 Å². The Kier molecular flexibility index (Phi) is 11.6. The molecule has 8 aliphatic rings. The van der Waals surface area contributed by atoms with Gasteiger partial charge in [-0.3, -0.25) is 0 Å². The van der Waals surface area contributed by atoms with Gasteiger partial charge < -0.3 is 29.1 Å². The third kappa shape index (κ3) is 7.82. The number of hydrogen-bond donors (Lipinski definition) is 0. The van der Waals surface area contributed by atoms with E-state index in [-0.39, 0.29) is 13.4 Å². The van der Waals surface area contributed by atoms with Crippen molar-refractivity contribution in [3.8, 4) is 27.9 Å². The molecule has 6 aliphatic heterocycles. The number of para-hydroxylation sites is 8. The predicted molar refractivity (Wildman–Crippen MR) is 400 cm³/mol. The Morgan fingerprint density at radius 2 is 0.642 bits per heavy atom. The van der Waals surface area contributed by atoms with E-state index >= 15 is 0 Å². The summed E-state index contributed by atoms with van der Waals surface area (Å²) >= 11 is 0. The van der Waals surface area contributed by atoms with E-state index in [1.54, 1.807) is 0 Å². The molecule has 1 aromatic heterocycles. The van der Waals surface area contributed by atoms with E-state index in [0.717, 1.165) is 73.9 Å². The van der Waals surface area contributed by atoms with E-state index in [2.05, 4.69) is 332 Å². The van der Waals surface area contributed by atoms with Crippen molar-refractivity contribution in [2.45, 2.75) is 44.2 Å². The van der Waals surface area contributed by atoms with Gasteiger partial charge in [-0.25, -0.2) is 0 Å². The molecule has 2 saturated carbocycles. The molecular formula is C87H64B2N6. The molecule has 7 heterocycles. The molecule has 0 radical (unpaired) electrons. The first kappa shape index (κ1) is 53.3. The van der Waals surface area contributed by atoms with Crippen molar-refractivity contribution in [2.75, 3.05) is 24.5 Å². The summed E-state index contributed by atoms with van der Waals surface area (Å²) in [5.74, 6) is 1.66. The third-order valence-electron chi connectivity index (χ3n) is 22.5. The Labute approximate surface area is 555 Å². The molecule has 2 saturated heterocycles. The number of fused-ring (bicyclic) bond motifs is 11. The normalized spacial score (nSPS) is 18.2. The van der Waals surface area contributed by atoms with Crippen molar-refractivity contribution in [1.29, 1.82) is 0 Å². The molecule has 14 aromatic rings. The monoisotopic (exact) mass is 1210 g/mol. The maximum atomic E-state index is 2.92. The maximum Gasteiger partial charge on any atom is 0.252 e. The minimum atomic E-state index is -0.179. The lowest BCUT2D eigenvalue weighted by molar-refractivity contribution is 0.0900. The van der Waals surface area contributed by atoms with Crippen LogP contribution < -0.4 is 57.3 Å². The fraction of sp³-hybridized carbons (Fsp3) is 0.103. The Morgan fingerprint density at radius 3 is 1.12 bits per heavy atom. The predicted octanol–water partition coefficient (Wildman–Crippen LogP) is 18.1. The zero-order chi connectivity index (χ0) is 62.0. The van der Waals surface area contributed by atoms with Gasteiger partial charge in [-0.15, -0.1) is 0 Å². The van der Waals surface area contributed by atoms with Crippen LogP contribution in [-0.2, 0) is 0 Å². The highest BCUT2D eigenvalue weighted by molar-refractivity contribution is 7.03. The summed E-state index contributed by atoms with van der Waals surface area (Å²) in [5, 5.41) is 2.46. The van der Waals surface area contributed by atoms with Crippen LogP contribution in [0.3, 0.4) is 0 Å². The van der Waals surface area contributed by atoms with E-state index in [9.17, 15) is 0 Å². The van der Waals surface area contributed by atoms with E-state index < -0.39 is 0 Å². The van der Waals surface area contributed by atoms with E-state index in [4.69, 9.17) is 0 Å². The van der Waals surface area contributed by atoms with Gasteiger partial charge in [0.25, 0.3) is 13.4 Å². The van der Waals surface area contributed by atoms with Crippen molar-refractivity contribution >= 4 is 142 Å². The van der Waals surface area contributed by atoms with Gasteiger partial charge >= 0.3 is 0 Å². The summed E-state index contributed by atoms with van der Waals surface area (Å²) in [5.41, 5.74) is 31.4. The lowest BCUT2D eigenvalue weighted by Gasteiger charge is -2.58. The van der Waals surface area contributed by atoms with E-state index in [1.165, 1.54) is 126 Å². The Morgan fingerprint density at radius 1 is 0.263 bits per heavy atom. The van der Waals surface area contributed by atoms with Crippen molar-refractivity contribution < 1.29 is 0 Å². The molecule has 0 unspecified atom stereocenters. The smallest absolute Gasteiger partial charge is 0.252 e. The van der Waals surface area contributed by atoms with Crippen LogP contribution in [0, 0.1) is 11.8 Å². The molecule has 13 aromatic carbocycles. The van der Waals surface area contributed by atoms with E-state index in [0.29, 0.717) is 12.1 Å². The van der Waals surface area contributed by atoms with Crippen LogP contribution in [0.1, 0.15) is 32.1 Å². The van der Waals surface area contributed by atoms with Crippen molar-refractivity contribution in [3.63, 3.8) is 0 Å². The number of piperidine rings is 2. The lowest BCUT2D eigenvalue weighted by atomic mass is 9.30. The maximum absolute atomic E-state index is 2.92. The van der Waals surface area contributed by atoms with Crippen LogP contribution in [-0.4, -0.2) is 30.1 Å². The minimum Gasteiger partial charge on any atom is -0.365 e. The number of aromatic nitrogens is 1. The summed E-state index contributed by atoms with van der Waals surface area (Å²) in [6, 6.07) is 116. The topological polar surface area (TPSA) is 21.1 Å². The van der Waals surface area contributed by atoms with Gasteiger partial charge in [-0.2, -0.15) is 0 Å². The quantitative estimate of drug-likeness (QED) is 0.141. The molecule has 448 valence electrons. The molecule has 0 amide bonds. The fourth-order valence-electron chi connectivity index (χ4n) is 19.1. The second-order valence-electron chi connectivity index (χ2n) is 27.5. The highest BCUT2D eigenvalue weighted by Crippen LogP contribution is 2.56. The number of nitrogens with zero attached hydrogens (tertiary/aromatic N) is 6. The van der Waals surface area contributed by atoms with Crippen LogP contribution in [0.5, 0.6) is 0 Å². The van der Waals surface area contributed by atoms with Gasteiger partial charge in [-0.05, 0) is 179 Å². The van der Waals surface area contributed by atoms with Gasteiger partial charge in [0, 0.05) is 102 Å². The third-order valence-corrected chi connectivity index (χ3v) is 22.5. The molecule has 0 atom stereocenters. The highest BCUT2D eigenvalue weighted by atomic mass is 15.2. The molecule has 8 heteroatoms. The molecule has 6 nitrogen and oxygen atoms in total. The first-order valence-electron chi connectivity index (χ1n) is 34.2. The minimum absolute atomic E-state index is 0.109. The second kappa shape index (κ2) is 20.6. The van der Waals surface area contributed by atoms with Crippen molar-refractivity contribution in [2.24, 2.45) is 11.8 Å². The van der Waals surface area contributed by atoms with Crippen LogP contribution in [0.25, 0.3) is 49.7 Å². The molecule has 2 aliphatic carbocycles. The first-order chi connectivity index (χ1) is 47.1. The number of hydrogen-bond acceptors (Lipinski definition) is 5. The van der Waals surface area contributed by atoms with Crippen LogP contribution >= 0.6 is 0 Å². The Balaban J connectivity index is 0.920. The largest absolute Gasteiger partial charge is 0.365 e. The van der Waals surface area contributed by atoms with Crippen LogP contribution in [0.2, 0.25) is 0 Å². The van der Waals surface area contributed by atoms with Crippen molar-refractivity contribution in [3.05, 3.63) is 303 Å². The summed E-state index contributed by atoms with van der Waals surface area (Å²) in [6.45, 7) is -0.288. The second-order valence-corrected chi connectivity index (χ2v) is 27.5. The highest BCUT2D eigenvalue weighted by Gasteiger charge is 2.51. The number of anilines is 13. The Bertz CT molecular complexity index is 5310.